The lowest BCUT2D eigenvalue weighted by Crippen LogP contribution is -2.62. The molecule has 16 heteroatoms. The highest BCUT2D eigenvalue weighted by molar-refractivity contribution is 8.00. The standard InChI is InChI=1S/C55H78N8O7S/c1-33(56-8)48(65)61-46(55(6,7)71-29-28-64)52(69)60-44(50(67)58-42-22-14-18-37-16-10-12-20-40(37)42)30-35-24-26-36(27-25-35)39-31-45(51(68)59-43-23-15-19-38-17-11-13-21-41(38)43)63(32-39)53(70)47(54(3,4)5)62-49(66)34(2)57-9/h10-13,16-17,20-21,24-27,33-34,39,42-47,56-57,64H,14-15,18-19,22-23,28-32H2,1-9H3,(H,58,67)(H,59,68)(H,60,69)(H,61,65)(H,62,66)/t33-,34-,39?,42+,43?,44?,45-,46+,47?/m0/s1. The molecule has 8 N–H and O–H groups in total. The lowest BCUT2D eigenvalue weighted by atomic mass is 9.85. The Hall–Kier alpha value is -5.29. The quantitative estimate of drug-likeness (QED) is 0.0794. The van der Waals surface area contributed by atoms with E-state index in [0.717, 1.165) is 60.8 Å². The van der Waals surface area contributed by atoms with Gasteiger partial charge in [0.2, 0.25) is 35.4 Å². The number of carbonyl (C=O) groups is 6. The van der Waals surface area contributed by atoms with Gasteiger partial charge in [0.25, 0.3) is 0 Å². The van der Waals surface area contributed by atoms with E-state index in [1.54, 1.807) is 32.8 Å². The van der Waals surface area contributed by atoms with E-state index in [1.165, 1.54) is 22.9 Å². The van der Waals surface area contributed by atoms with Gasteiger partial charge in [-0.25, -0.2) is 0 Å². The average molecular weight is 995 g/mol. The van der Waals surface area contributed by atoms with Crippen LogP contribution in [-0.2, 0) is 48.0 Å². The van der Waals surface area contributed by atoms with Crippen molar-refractivity contribution in [3.63, 3.8) is 0 Å². The molecule has 386 valence electrons. The SMILES string of the molecule is CN[C@@H](C)C(=O)NC(C(=O)N1CC(c2ccc(CC(NC(=O)[C@@H](NC(=O)[C@H](C)NC)C(C)(C)SCCO)C(=O)N[C@@H]3CCCc4ccccc43)cc2)C[C@H]1C(=O)NC1CCCc2ccccc21)C(C)(C)C. The molecule has 1 fully saturated rings. The van der Waals surface area contributed by atoms with Crippen molar-refractivity contribution in [2.24, 2.45) is 5.41 Å². The number of rotatable bonds is 20. The van der Waals surface area contributed by atoms with E-state index < -0.39 is 52.3 Å². The van der Waals surface area contributed by atoms with Crippen molar-refractivity contribution in [1.82, 2.24) is 42.1 Å². The summed E-state index contributed by atoms with van der Waals surface area (Å²) in [6.45, 7) is 12.9. The van der Waals surface area contributed by atoms with Crippen LogP contribution >= 0.6 is 11.8 Å². The first kappa shape index (κ1) is 55.0. The summed E-state index contributed by atoms with van der Waals surface area (Å²) in [7, 11) is 3.35. The van der Waals surface area contributed by atoms with Crippen molar-refractivity contribution >= 4 is 47.2 Å². The zero-order valence-corrected chi connectivity index (χ0v) is 44.0. The molecule has 0 aromatic heterocycles. The third-order valence-corrected chi connectivity index (χ3v) is 16.0. The smallest absolute Gasteiger partial charge is 0.246 e. The molecule has 1 saturated heterocycles. The second-order valence-corrected chi connectivity index (χ2v) is 22.9. The maximum absolute atomic E-state index is 14.8. The number of thioether (sulfide) groups is 1. The number of amides is 6. The maximum atomic E-state index is 14.8. The van der Waals surface area contributed by atoms with Crippen molar-refractivity contribution < 1.29 is 33.9 Å². The molecule has 0 saturated carbocycles. The lowest BCUT2D eigenvalue weighted by Gasteiger charge is -2.36. The van der Waals surface area contributed by atoms with E-state index in [2.05, 4.69) is 55.4 Å². The largest absolute Gasteiger partial charge is 0.396 e. The molecule has 6 amide bonds. The summed E-state index contributed by atoms with van der Waals surface area (Å²) in [6, 6.07) is 18.6. The number of aliphatic hydroxyl groups is 1. The van der Waals surface area contributed by atoms with Gasteiger partial charge in [-0.2, -0.15) is 11.8 Å². The van der Waals surface area contributed by atoms with E-state index in [1.807, 2.05) is 89.2 Å². The predicted molar refractivity (Wildman–Crippen MR) is 279 cm³/mol. The Bertz CT molecular complexity index is 2350. The Kier molecular flexibility index (Phi) is 18.9. The third kappa shape index (κ3) is 13.8. The van der Waals surface area contributed by atoms with Gasteiger partial charge in [-0.1, -0.05) is 93.6 Å². The first-order chi connectivity index (χ1) is 33.8. The number of aryl methyl sites for hydroxylation is 2. The van der Waals surface area contributed by atoms with E-state index in [-0.39, 0.29) is 67.1 Å². The number of fused-ring (bicyclic) bond motifs is 2. The molecule has 6 rings (SSSR count). The number of hydrogen-bond donors (Lipinski definition) is 8. The number of benzene rings is 3. The van der Waals surface area contributed by atoms with Gasteiger partial charge in [0.15, 0.2) is 0 Å². The van der Waals surface area contributed by atoms with Gasteiger partial charge >= 0.3 is 0 Å². The fourth-order valence-electron chi connectivity index (χ4n) is 10.1. The zero-order chi connectivity index (χ0) is 51.6. The summed E-state index contributed by atoms with van der Waals surface area (Å²) >= 11 is 1.35. The Morgan fingerprint density at radius 2 is 1.23 bits per heavy atom. The first-order valence-electron chi connectivity index (χ1n) is 25.4. The van der Waals surface area contributed by atoms with Crippen LogP contribution in [0.1, 0.15) is 132 Å². The van der Waals surface area contributed by atoms with Gasteiger partial charge in [-0.05, 0) is 126 Å². The molecule has 15 nitrogen and oxygen atoms in total. The van der Waals surface area contributed by atoms with Crippen molar-refractivity contribution in [3.8, 4) is 0 Å². The Morgan fingerprint density at radius 1 is 0.690 bits per heavy atom. The summed E-state index contributed by atoms with van der Waals surface area (Å²) < 4.78 is -0.864. The average Bonchev–Trinajstić information content (AvgIpc) is 3.81. The number of nitrogens with zero attached hydrogens (tertiary/aromatic N) is 1. The molecule has 1 heterocycles. The summed E-state index contributed by atoms with van der Waals surface area (Å²) in [5.74, 6) is -2.04. The van der Waals surface area contributed by atoms with Crippen molar-refractivity contribution in [3.05, 3.63) is 106 Å². The van der Waals surface area contributed by atoms with Crippen LogP contribution in [-0.4, -0.2) is 119 Å². The fraction of sp³-hybridized carbons (Fsp3) is 0.564. The van der Waals surface area contributed by atoms with E-state index in [9.17, 15) is 33.9 Å². The minimum absolute atomic E-state index is 0.113. The maximum Gasteiger partial charge on any atom is 0.246 e. The lowest BCUT2D eigenvalue weighted by molar-refractivity contribution is -0.144. The summed E-state index contributed by atoms with van der Waals surface area (Å²) in [5, 5.41) is 31.1. The van der Waals surface area contributed by atoms with Crippen LogP contribution in [0.25, 0.3) is 0 Å². The first-order valence-corrected chi connectivity index (χ1v) is 26.4. The molecular weight excluding hydrogens is 917 g/mol. The number of likely N-dealkylation sites (tertiary alicyclic amines) is 1. The van der Waals surface area contributed by atoms with E-state index in [0.29, 0.717) is 12.2 Å². The Balaban J connectivity index is 1.28. The van der Waals surface area contributed by atoms with E-state index >= 15 is 0 Å². The Labute approximate surface area is 425 Å². The Morgan fingerprint density at radius 3 is 1.76 bits per heavy atom. The summed E-state index contributed by atoms with van der Waals surface area (Å²) in [5.41, 5.74) is 5.53. The molecule has 1 aliphatic heterocycles. The highest BCUT2D eigenvalue weighted by Gasteiger charge is 2.46. The molecule has 3 aliphatic rings. The number of carbonyl (C=O) groups excluding carboxylic acids is 6. The minimum Gasteiger partial charge on any atom is -0.396 e. The highest BCUT2D eigenvalue weighted by Crippen LogP contribution is 2.37. The van der Waals surface area contributed by atoms with E-state index in [4.69, 9.17) is 0 Å². The molecule has 3 aromatic rings. The molecule has 0 radical (unpaired) electrons. The number of hydrogen-bond acceptors (Lipinski definition) is 10. The predicted octanol–water partition coefficient (Wildman–Crippen LogP) is 4.52. The second kappa shape index (κ2) is 24.4. The van der Waals surface area contributed by atoms with Gasteiger partial charge in [0.05, 0.1) is 30.8 Å². The van der Waals surface area contributed by atoms with Crippen LogP contribution in [0.15, 0.2) is 72.8 Å². The molecule has 71 heavy (non-hydrogen) atoms. The van der Waals surface area contributed by atoms with Crippen molar-refractivity contribution in [1.29, 1.82) is 0 Å². The van der Waals surface area contributed by atoms with Crippen molar-refractivity contribution in [2.45, 2.75) is 159 Å². The number of nitrogens with one attached hydrogen (secondary N) is 7. The molecule has 2 aliphatic carbocycles. The van der Waals surface area contributed by atoms with Gasteiger partial charge < -0.3 is 47.2 Å². The normalized spacial score (nSPS) is 21.0. The molecular formula is C55H78N8O7S. The highest BCUT2D eigenvalue weighted by atomic mass is 32.2. The number of aliphatic hydroxyl groups excluding tert-OH is 1. The van der Waals surface area contributed by atoms with Crippen LogP contribution in [0.5, 0.6) is 0 Å². The van der Waals surface area contributed by atoms with Crippen LogP contribution in [0.2, 0.25) is 0 Å². The second-order valence-electron chi connectivity index (χ2n) is 21.2. The van der Waals surface area contributed by atoms with Crippen molar-refractivity contribution in [2.75, 3.05) is 33.0 Å². The minimum atomic E-state index is -1.06. The van der Waals surface area contributed by atoms with Crippen LogP contribution in [0.4, 0.5) is 0 Å². The summed E-state index contributed by atoms with van der Waals surface area (Å²) in [6.07, 6.45) is 5.71. The number of likely N-dealkylation sites (N-methyl/N-ethyl adjacent to an activating group) is 2. The molecule has 4 unspecified atom stereocenters. The molecule has 3 aromatic carbocycles. The van der Waals surface area contributed by atoms with Gasteiger partial charge in [-0.3, -0.25) is 28.8 Å². The molecule has 9 atom stereocenters. The molecule has 0 spiro atoms. The van der Waals surface area contributed by atoms with Crippen LogP contribution < -0.4 is 37.2 Å². The monoisotopic (exact) mass is 995 g/mol. The van der Waals surface area contributed by atoms with Gasteiger partial charge in [0.1, 0.15) is 24.2 Å². The molecule has 0 bridgehead atoms. The van der Waals surface area contributed by atoms with Crippen LogP contribution in [0, 0.1) is 5.41 Å². The topological polar surface area (TPSA) is 210 Å². The van der Waals surface area contributed by atoms with Gasteiger partial charge in [0, 0.05) is 29.4 Å². The zero-order valence-electron chi connectivity index (χ0n) is 43.2. The van der Waals surface area contributed by atoms with Gasteiger partial charge in [-0.15, -0.1) is 0 Å². The third-order valence-electron chi connectivity index (χ3n) is 14.6. The summed E-state index contributed by atoms with van der Waals surface area (Å²) in [4.78, 5) is 86.7. The van der Waals surface area contributed by atoms with Crippen LogP contribution in [0.3, 0.4) is 0 Å². The fourth-order valence-corrected chi connectivity index (χ4v) is 11.1.